The average Bonchev–Trinajstić information content (AvgIpc) is 2.52. The van der Waals surface area contributed by atoms with Crippen molar-refractivity contribution in [2.75, 3.05) is 6.54 Å². The normalized spacial score (nSPS) is 24.2. The zero-order chi connectivity index (χ0) is 11.8. The van der Waals surface area contributed by atoms with Crippen LogP contribution in [0.1, 0.15) is 38.5 Å². The molecule has 1 aliphatic heterocycles. The zero-order valence-corrected chi connectivity index (χ0v) is 9.69. The maximum absolute atomic E-state index is 10.5. The lowest BCUT2D eigenvalue weighted by molar-refractivity contribution is -0.138. The van der Waals surface area contributed by atoms with Gasteiger partial charge in [0.2, 0.25) is 0 Å². The molecule has 0 amide bonds. The van der Waals surface area contributed by atoms with E-state index < -0.39 is 12.0 Å². The van der Waals surface area contributed by atoms with Gasteiger partial charge >= 0.3 is 5.97 Å². The number of hydrogen-bond donors (Lipinski definition) is 3. The molecule has 1 aliphatic rings. The van der Waals surface area contributed by atoms with Crippen LogP contribution in [0.25, 0.3) is 0 Å². The number of carboxylic acid groups (broad SMARTS) is 1. The minimum absolute atomic E-state index is 0.419. The first-order valence-electron chi connectivity index (χ1n) is 6.07. The minimum atomic E-state index is -0.933. The SMILES string of the molecule is NC(C/C=C/C[C@H]1CCCCCN1)C(=O)O. The molecule has 2 atom stereocenters. The molecular weight excluding hydrogens is 204 g/mol. The van der Waals surface area contributed by atoms with E-state index in [0.717, 1.165) is 13.0 Å². The Bertz CT molecular complexity index is 233. The summed E-state index contributed by atoms with van der Waals surface area (Å²) in [5.74, 6) is -0.933. The third-order valence-corrected chi connectivity index (χ3v) is 2.96. The molecule has 0 radical (unpaired) electrons. The topological polar surface area (TPSA) is 75.3 Å². The van der Waals surface area contributed by atoms with Gasteiger partial charge in [-0.25, -0.2) is 0 Å². The number of carbonyl (C=O) groups is 1. The predicted octanol–water partition coefficient (Wildman–Crippen LogP) is 1.27. The molecule has 4 N–H and O–H groups in total. The fourth-order valence-electron chi connectivity index (χ4n) is 1.91. The molecule has 0 spiro atoms. The van der Waals surface area contributed by atoms with Crippen molar-refractivity contribution in [1.29, 1.82) is 0 Å². The molecule has 0 aromatic rings. The molecule has 0 aromatic carbocycles. The highest BCUT2D eigenvalue weighted by Gasteiger charge is 2.10. The highest BCUT2D eigenvalue weighted by molar-refractivity contribution is 5.73. The molecule has 4 heteroatoms. The van der Waals surface area contributed by atoms with Crippen LogP contribution in [-0.2, 0) is 4.79 Å². The van der Waals surface area contributed by atoms with E-state index in [2.05, 4.69) is 5.32 Å². The van der Waals surface area contributed by atoms with Crippen molar-refractivity contribution in [3.63, 3.8) is 0 Å². The van der Waals surface area contributed by atoms with Gasteiger partial charge in [-0.3, -0.25) is 4.79 Å². The fraction of sp³-hybridized carbons (Fsp3) is 0.750. The van der Waals surface area contributed by atoms with Crippen molar-refractivity contribution in [3.8, 4) is 0 Å². The van der Waals surface area contributed by atoms with Crippen LogP contribution in [0.4, 0.5) is 0 Å². The number of nitrogens with one attached hydrogen (secondary N) is 1. The maximum Gasteiger partial charge on any atom is 0.320 e. The van der Waals surface area contributed by atoms with E-state index in [-0.39, 0.29) is 0 Å². The van der Waals surface area contributed by atoms with Gasteiger partial charge < -0.3 is 16.2 Å². The Kier molecular flexibility index (Phi) is 6.11. The van der Waals surface area contributed by atoms with Crippen LogP contribution in [0, 0.1) is 0 Å². The van der Waals surface area contributed by atoms with E-state index in [4.69, 9.17) is 10.8 Å². The second kappa shape index (κ2) is 7.41. The quantitative estimate of drug-likeness (QED) is 0.617. The van der Waals surface area contributed by atoms with Crippen molar-refractivity contribution < 1.29 is 9.90 Å². The lowest BCUT2D eigenvalue weighted by atomic mass is 10.1. The summed E-state index contributed by atoms with van der Waals surface area (Å²) >= 11 is 0. The first-order chi connectivity index (χ1) is 7.70. The number of nitrogens with two attached hydrogens (primary N) is 1. The van der Waals surface area contributed by atoms with Crippen molar-refractivity contribution in [2.45, 2.75) is 50.6 Å². The Balaban J connectivity index is 2.17. The van der Waals surface area contributed by atoms with Crippen LogP contribution in [0.15, 0.2) is 12.2 Å². The Hall–Kier alpha value is -0.870. The van der Waals surface area contributed by atoms with Gasteiger partial charge in [-0.05, 0) is 32.2 Å². The van der Waals surface area contributed by atoms with E-state index in [1.54, 1.807) is 0 Å². The molecule has 0 aliphatic carbocycles. The molecular formula is C12H22N2O2. The number of rotatable bonds is 5. The van der Waals surface area contributed by atoms with Crippen molar-refractivity contribution >= 4 is 5.97 Å². The summed E-state index contributed by atoms with van der Waals surface area (Å²) in [6.45, 7) is 1.10. The first kappa shape index (κ1) is 13.2. The zero-order valence-electron chi connectivity index (χ0n) is 9.69. The molecule has 1 unspecified atom stereocenters. The van der Waals surface area contributed by atoms with Gasteiger partial charge in [0.15, 0.2) is 0 Å². The molecule has 16 heavy (non-hydrogen) atoms. The summed E-state index contributed by atoms with van der Waals surface area (Å²) < 4.78 is 0. The monoisotopic (exact) mass is 226 g/mol. The molecule has 0 bridgehead atoms. The van der Waals surface area contributed by atoms with Crippen molar-refractivity contribution in [1.82, 2.24) is 5.32 Å². The van der Waals surface area contributed by atoms with Crippen LogP contribution in [0.5, 0.6) is 0 Å². The van der Waals surface area contributed by atoms with E-state index in [0.29, 0.717) is 12.5 Å². The molecule has 0 aromatic heterocycles. The van der Waals surface area contributed by atoms with Gasteiger partial charge in [0.05, 0.1) is 0 Å². The third kappa shape index (κ3) is 5.28. The van der Waals surface area contributed by atoms with E-state index in [1.807, 2.05) is 12.2 Å². The van der Waals surface area contributed by atoms with Gasteiger partial charge in [0.25, 0.3) is 0 Å². The highest BCUT2D eigenvalue weighted by Crippen LogP contribution is 2.11. The van der Waals surface area contributed by atoms with Crippen molar-refractivity contribution in [2.24, 2.45) is 5.73 Å². The fourth-order valence-corrected chi connectivity index (χ4v) is 1.91. The average molecular weight is 226 g/mol. The molecule has 4 nitrogen and oxygen atoms in total. The standard InChI is InChI=1S/C12H22N2O2/c13-11(12(15)16)8-4-3-7-10-6-2-1-5-9-14-10/h3-4,10-11,14H,1-2,5-9,13H2,(H,15,16)/b4-3+/t10-,11?/m1/s1. The summed E-state index contributed by atoms with van der Waals surface area (Å²) in [6, 6.07) is -0.210. The molecule has 1 fully saturated rings. The molecule has 1 rings (SSSR count). The largest absolute Gasteiger partial charge is 0.480 e. The van der Waals surface area contributed by atoms with Crippen LogP contribution >= 0.6 is 0 Å². The lowest BCUT2D eigenvalue weighted by Crippen LogP contribution is -2.29. The number of aliphatic carboxylic acids is 1. The summed E-state index contributed by atoms with van der Waals surface area (Å²) in [4.78, 5) is 10.5. The van der Waals surface area contributed by atoms with Crippen LogP contribution in [0.3, 0.4) is 0 Å². The van der Waals surface area contributed by atoms with Crippen LogP contribution < -0.4 is 11.1 Å². The predicted molar refractivity (Wildman–Crippen MR) is 64.2 cm³/mol. The summed E-state index contributed by atoms with van der Waals surface area (Å²) in [6.07, 6.45) is 10.4. The van der Waals surface area contributed by atoms with Crippen LogP contribution in [0.2, 0.25) is 0 Å². The lowest BCUT2D eigenvalue weighted by Gasteiger charge is -2.12. The van der Waals surface area contributed by atoms with Gasteiger partial charge in [0, 0.05) is 6.04 Å². The molecule has 0 saturated carbocycles. The Morgan fingerprint density at radius 3 is 3.00 bits per heavy atom. The minimum Gasteiger partial charge on any atom is -0.480 e. The van der Waals surface area contributed by atoms with E-state index in [9.17, 15) is 4.79 Å². The van der Waals surface area contributed by atoms with E-state index in [1.165, 1.54) is 25.7 Å². The smallest absolute Gasteiger partial charge is 0.320 e. The summed E-state index contributed by atoms with van der Waals surface area (Å²) in [7, 11) is 0. The van der Waals surface area contributed by atoms with Gasteiger partial charge in [-0.2, -0.15) is 0 Å². The van der Waals surface area contributed by atoms with Crippen LogP contribution in [-0.4, -0.2) is 29.7 Å². The molecule has 92 valence electrons. The highest BCUT2D eigenvalue weighted by atomic mass is 16.4. The third-order valence-electron chi connectivity index (χ3n) is 2.96. The first-order valence-corrected chi connectivity index (χ1v) is 6.07. The van der Waals surface area contributed by atoms with Crippen molar-refractivity contribution in [3.05, 3.63) is 12.2 Å². The molecule has 1 saturated heterocycles. The van der Waals surface area contributed by atoms with E-state index >= 15 is 0 Å². The maximum atomic E-state index is 10.5. The molecule has 1 heterocycles. The van der Waals surface area contributed by atoms with Gasteiger partial charge in [-0.15, -0.1) is 0 Å². The van der Waals surface area contributed by atoms with Gasteiger partial charge in [0.1, 0.15) is 6.04 Å². The summed E-state index contributed by atoms with van der Waals surface area (Å²) in [5.41, 5.74) is 5.39. The number of hydrogen-bond acceptors (Lipinski definition) is 3. The Morgan fingerprint density at radius 2 is 2.25 bits per heavy atom. The Labute approximate surface area is 96.9 Å². The second-order valence-electron chi connectivity index (χ2n) is 4.39. The summed E-state index contributed by atoms with van der Waals surface area (Å²) in [5, 5.41) is 12.1. The number of carboxylic acids is 1. The van der Waals surface area contributed by atoms with Gasteiger partial charge in [-0.1, -0.05) is 25.0 Å². The second-order valence-corrected chi connectivity index (χ2v) is 4.39. The Morgan fingerprint density at radius 1 is 1.44 bits per heavy atom.